The molecule has 0 spiro atoms. The normalized spacial score (nSPS) is 13.6. The van der Waals surface area contributed by atoms with E-state index in [2.05, 4.69) is 38.9 Å². The van der Waals surface area contributed by atoms with Crippen LogP contribution >= 0.6 is 0 Å². The Hall–Kier alpha value is -1.69. The molecule has 0 aromatic carbocycles. The Morgan fingerprint density at radius 1 is 1.25 bits per heavy atom. The molecule has 0 aromatic heterocycles. The topological polar surface area (TPSA) is 35.5 Å². The largest absolute Gasteiger partial charge is 0.460 e. The van der Waals surface area contributed by atoms with Crippen molar-refractivity contribution in [2.45, 2.75) is 85.9 Å². The van der Waals surface area contributed by atoms with Crippen LogP contribution in [-0.2, 0) is 14.3 Å². The van der Waals surface area contributed by atoms with Crippen LogP contribution in [0.3, 0.4) is 0 Å². The van der Waals surface area contributed by atoms with Gasteiger partial charge in [-0.1, -0.05) is 31.4 Å². The molecular formula is C21H34O3. The summed E-state index contributed by atoms with van der Waals surface area (Å²) in [7, 11) is 0. The number of hydrogen-bond donors (Lipinski definition) is 0. The minimum atomic E-state index is -0.280. The summed E-state index contributed by atoms with van der Waals surface area (Å²) in [5, 5.41) is 0. The third-order valence-electron chi connectivity index (χ3n) is 3.52. The highest BCUT2D eigenvalue weighted by Crippen LogP contribution is 2.21. The molecule has 0 saturated carbocycles. The van der Waals surface area contributed by atoms with E-state index in [4.69, 9.17) is 9.47 Å². The molecule has 0 N–H and O–H groups in total. The second-order valence-corrected chi connectivity index (χ2v) is 7.22. The molecule has 0 aliphatic carbocycles. The lowest BCUT2D eigenvalue weighted by Crippen LogP contribution is -2.22. The molecule has 1 atom stereocenters. The van der Waals surface area contributed by atoms with Gasteiger partial charge in [0.1, 0.15) is 11.7 Å². The quantitative estimate of drug-likeness (QED) is 0.232. The first-order chi connectivity index (χ1) is 11.2. The zero-order valence-corrected chi connectivity index (χ0v) is 16.4. The van der Waals surface area contributed by atoms with Gasteiger partial charge < -0.3 is 9.47 Å². The maximum absolute atomic E-state index is 11.5. The van der Waals surface area contributed by atoms with E-state index in [-0.39, 0.29) is 17.7 Å². The van der Waals surface area contributed by atoms with Crippen molar-refractivity contribution in [3.05, 3.63) is 23.8 Å². The van der Waals surface area contributed by atoms with Gasteiger partial charge in [-0.15, -0.1) is 0 Å². The Labute approximate surface area is 148 Å². The number of hydrogen-bond acceptors (Lipinski definition) is 3. The minimum absolute atomic E-state index is 0.0814. The fourth-order valence-electron chi connectivity index (χ4n) is 2.22. The summed E-state index contributed by atoms with van der Waals surface area (Å²) in [5.74, 6) is 3.09. The van der Waals surface area contributed by atoms with E-state index >= 15 is 0 Å². The Morgan fingerprint density at radius 2 is 1.92 bits per heavy atom. The standard InChI is InChI=1S/C21H34O3/c1-8-15-23-21(6,7)14-10-13-18(4)11-9-12-19(5)16-20(22)24-17(2)3/h9,12,16-18H,10-11,13-14H2,1-7H3/b12-9+,19-16+. The summed E-state index contributed by atoms with van der Waals surface area (Å²) in [4.78, 5) is 11.5. The summed E-state index contributed by atoms with van der Waals surface area (Å²) in [6.45, 7) is 13.8. The second kappa shape index (κ2) is 11.8. The first-order valence-corrected chi connectivity index (χ1v) is 8.81. The van der Waals surface area contributed by atoms with E-state index in [1.807, 2.05) is 26.8 Å². The van der Waals surface area contributed by atoms with Gasteiger partial charge in [-0.2, -0.15) is 0 Å². The molecule has 0 rings (SSSR count). The predicted octanol–water partition coefficient (Wildman–Crippen LogP) is 5.41. The molecule has 0 aliphatic rings. The van der Waals surface area contributed by atoms with E-state index in [0.717, 1.165) is 31.3 Å². The molecule has 0 saturated heterocycles. The molecule has 0 aromatic rings. The van der Waals surface area contributed by atoms with Gasteiger partial charge in [0, 0.05) is 13.0 Å². The molecule has 0 amide bonds. The lowest BCUT2D eigenvalue weighted by molar-refractivity contribution is -0.141. The Kier molecular flexibility index (Phi) is 11.0. The van der Waals surface area contributed by atoms with Crippen LogP contribution in [0.25, 0.3) is 0 Å². The van der Waals surface area contributed by atoms with Crippen molar-refractivity contribution >= 4 is 5.97 Å². The van der Waals surface area contributed by atoms with Gasteiger partial charge in [0.05, 0.1) is 6.10 Å². The highest BCUT2D eigenvalue weighted by molar-refractivity contribution is 5.83. The third-order valence-corrected chi connectivity index (χ3v) is 3.52. The van der Waals surface area contributed by atoms with Crippen molar-refractivity contribution in [1.82, 2.24) is 0 Å². The molecule has 0 fully saturated rings. The van der Waals surface area contributed by atoms with Gasteiger partial charge in [0.2, 0.25) is 0 Å². The number of allylic oxidation sites excluding steroid dienone is 3. The maximum Gasteiger partial charge on any atom is 0.331 e. The number of esters is 1. The molecule has 3 nitrogen and oxygen atoms in total. The van der Waals surface area contributed by atoms with E-state index in [1.54, 1.807) is 6.92 Å². The molecule has 0 bridgehead atoms. The lowest BCUT2D eigenvalue weighted by atomic mass is 9.95. The van der Waals surface area contributed by atoms with Gasteiger partial charge in [-0.25, -0.2) is 4.79 Å². The number of carbonyl (C=O) groups excluding carboxylic acids is 1. The van der Waals surface area contributed by atoms with Crippen LogP contribution in [-0.4, -0.2) is 17.7 Å². The van der Waals surface area contributed by atoms with Crippen molar-refractivity contribution < 1.29 is 14.3 Å². The Balaban J connectivity index is 4.11. The first kappa shape index (κ1) is 22.3. The molecule has 1 unspecified atom stereocenters. The maximum atomic E-state index is 11.5. The molecule has 0 aliphatic heterocycles. The average molecular weight is 335 g/mol. The number of ether oxygens (including phenoxy) is 2. The van der Waals surface area contributed by atoms with E-state index in [1.165, 1.54) is 6.08 Å². The summed E-state index contributed by atoms with van der Waals surface area (Å²) < 4.78 is 10.6. The highest BCUT2D eigenvalue weighted by atomic mass is 16.5. The monoisotopic (exact) mass is 334 g/mol. The average Bonchev–Trinajstić information content (AvgIpc) is 2.43. The fraction of sp³-hybridized carbons (Fsp3) is 0.667. The van der Waals surface area contributed by atoms with Crippen molar-refractivity contribution in [3.8, 4) is 12.0 Å². The fourth-order valence-corrected chi connectivity index (χ4v) is 2.22. The number of rotatable bonds is 10. The van der Waals surface area contributed by atoms with Crippen LogP contribution < -0.4 is 0 Å². The van der Waals surface area contributed by atoms with Crippen LogP contribution in [0.5, 0.6) is 0 Å². The van der Waals surface area contributed by atoms with E-state index in [0.29, 0.717) is 5.92 Å². The zero-order chi connectivity index (χ0) is 18.6. The van der Waals surface area contributed by atoms with Crippen molar-refractivity contribution in [2.75, 3.05) is 0 Å². The molecule has 24 heavy (non-hydrogen) atoms. The van der Waals surface area contributed by atoms with Gasteiger partial charge in [0.15, 0.2) is 0 Å². The van der Waals surface area contributed by atoms with Gasteiger partial charge in [0.25, 0.3) is 0 Å². The SMILES string of the molecule is CC#COC(C)(C)CCCC(C)C/C=C/C(C)=C/C(=O)OC(C)C. The number of carbonyl (C=O) groups is 1. The molecule has 136 valence electrons. The summed E-state index contributed by atoms with van der Waals surface area (Å²) in [5.41, 5.74) is 0.731. The van der Waals surface area contributed by atoms with Crippen LogP contribution in [0, 0.1) is 17.9 Å². The van der Waals surface area contributed by atoms with Crippen LogP contribution in [0.2, 0.25) is 0 Å². The van der Waals surface area contributed by atoms with Crippen LogP contribution in [0.4, 0.5) is 0 Å². The minimum Gasteiger partial charge on any atom is -0.460 e. The van der Waals surface area contributed by atoms with Crippen molar-refractivity contribution in [3.63, 3.8) is 0 Å². The molecule has 3 heteroatoms. The van der Waals surface area contributed by atoms with Crippen molar-refractivity contribution in [2.24, 2.45) is 5.92 Å². The molecule has 0 radical (unpaired) electrons. The van der Waals surface area contributed by atoms with Crippen LogP contribution in [0.1, 0.15) is 74.1 Å². The smallest absolute Gasteiger partial charge is 0.331 e. The van der Waals surface area contributed by atoms with E-state index < -0.39 is 0 Å². The second-order valence-electron chi connectivity index (χ2n) is 7.22. The first-order valence-electron chi connectivity index (χ1n) is 8.81. The molecular weight excluding hydrogens is 300 g/mol. The highest BCUT2D eigenvalue weighted by Gasteiger charge is 2.18. The third kappa shape index (κ3) is 12.8. The summed E-state index contributed by atoms with van der Waals surface area (Å²) in [6.07, 6.45) is 12.5. The van der Waals surface area contributed by atoms with Crippen molar-refractivity contribution in [1.29, 1.82) is 0 Å². The van der Waals surface area contributed by atoms with Gasteiger partial charge >= 0.3 is 5.97 Å². The van der Waals surface area contributed by atoms with Gasteiger partial charge in [-0.3, -0.25) is 0 Å². The van der Waals surface area contributed by atoms with E-state index in [9.17, 15) is 4.79 Å². The molecule has 0 heterocycles. The lowest BCUT2D eigenvalue weighted by Gasteiger charge is -2.22. The summed E-state index contributed by atoms with van der Waals surface area (Å²) in [6, 6.07) is 0. The Bertz CT molecular complexity index is 487. The summed E-state index contributed by atoms with van der Waals surface area (Å²) >= 11 is 0. The van der Waals surface area contributed by atoms with Gasteiger partial charge in [-0.05, 0) is 65.4 Å². The predicted molar refractivity (Wildman–Crippen MR) is 100 cm³/mol. The van der Waals surface area contributed by atoms with Crippen LogP contribution in [0.15, 0.2) is 23.8 Å². The zero-order valence-electron chi connectivity index (χ0n) is 16.4. The Morgan fingerprint density at radius 3 is 2.50 bits per heavy atom.